The molecule has 9 nitrogen and oxygen atoms in total. The van der Waals surface area contributed by atoms with Gasteiger partial charge in [-0.05, 0) is 105 Å². The van der Waals surface area contributed by atoms with Crippen LogP contribution in [0.3, 0.4) is 0 Å². The summed E-state index contributed by atoms with van der Waals surface area (Å²) in [5, 5.41) is 15.3. The van der Waals surface area contributed by atoms with Crippen molar-refractivity contribution in [3.8, 4) is 5.75 Å². The molecule has 45 heavy (non-hydrogen) atoms. The summed E-state index contributed by atoms with van der Waals surface area (Å²) in [6, 6.07) is 4.28. The van der Waals surface area contributed by atoms with Gasteiger partial charge >= 0.3 is 5.97 Å². The highest BCUT2D eigenvalue weighted by Gasteiger charge is 2.37. The third kappa shape index (κ3) is 7.74. The van der Waals surface area contributed by atoms with Crippen LogP contribution in [0.2, 0.25) is 0 Å². The molecule has 0 aliphatic carbocycles. The first kappa shape index (κ1) is 33.1. The Hall–Kier alpha value is -3.31. The lowest BCUT2D eigenvalue weighted by atomic mass is 9.92. The van der Waals surface area contributed by atoms with E-state index in [4.69, 9.17) is 24.3 Å². The predicted octanol–water partition coefficient (Wildman–Crippen LogP) is 6.76. The first-order chi connectivity index (χ1) is 21.2. The van der Waals surface area contributed by atoms with E-state index < -0.39 is 29.3 Å². The second-order valence-corrected chi connectivity index (χ2v) is 13.7. The molecule has 246 valence electrons. The van der Waals surface area contributed by atoms with E-state index in [9.17, 15) is 18.7 Å². The number of carboxylic acid groups (broad SMARTS) is 1. The number of halogens is 2. The average Bonchev–Trinajstić information content (AvgIpc) is 3.35. The Kier molecular flexibility index (Phi) is 9.70. The molecule has 6 rings (SSSR count). The van der Waals surface area contributed by atoms with Gasteiger partial charge in [0, 0.05) is 37.5 Å². The van der Waals surface area contributed by atoms with Crippen molar-refractivity contribution < 1.29 is 32.9 Å². The third-order valence-corrected chi connectivity index (χ3v) is 8.70. The topological polar surface area (TPSA) is 98.4 Å². The maximum atomic E-state index is 14.3. The second-order valence-electron chi connectivity index (χ2n) is 13.7. The molecular formula is C34H46F2N4O5. The summed E-state index contributed by atoms with van der Waals surface area (Å²) in [6.07, 6.45) is 4.27. The molecule has 0 amide bonds. The number of anilines is 1. The molecule has 2 atom stereocenters. The fourth-order valence-corrected chi connectivity index (χ4v) is 6.28. The quantitative estimate of drug-likeness (QED) is 0.340. The van der Waals surface area contributed by atoms with E-state index >= 15 is 0 Å². The summed E-state index contributed by atoms with van der Waals surface area (Å²) in [5.74, 6) is -1.88. The summed E-state index contributed by atoms with van der Waals surface area (Å²) in [7, 11) is 0. The van der Waals surface area contributed by atoms with Crippen molar-refractivity contribution in [2.75, 3.05) is 24.6 Å². The molecule has 5 heterocycles. The molecule has 0 saturated carbocycles. The Balaban J connectivity index is 1.56. The van der Waals surface area contributed by atoms with Crippen LogP contribution in [0, 0.1) is 18.6 Å². The Bertz CT molecular complexity index is 1530. The largest absolute Gasteiger partial charge is 0.490 e. The lowest BCUT2D eigenvalue weighted by Crippen LogP contribution is -2.46. The molecule has 11 heteroatoms. The lowest BCUT2D eigenvalue weighted by Gasteiger charge is -2.41. The van der Waals surface area contributed by atoms with Gasteiger partial charge in [-0.1, -0.05) is 0 Å². The first-order valence-electron chi connectivity index (χ1n) is 16.1. The first-order valence-corrected chi connectivity index (χ1v) is 16.1. The number of fused-ring (bicyclic) bond motifs is 10. The average molecular weight is 629 g/mol. The van der Waals surface area contributed by atoms with E-state index in [1.807, 2.05) is 40.7 Å². The fourth-order valence-electron chi connectivity index (χ4n) is 6.28. The number of rotatable bonds is 3. The number of nitrogens with zero attached hydrogens (tertiary/aromatic N) is 4. The van der Waals surface area contributed by atoms with E-state index in [2.05, 4.69) is 11.8 Å². The van der Waals surface area contributed by atoms with E-state index in [1.165, 1.54) is 6.07 Å². The van der Waals surface area contributed by atoms with Crippen molar-refractivity contribution in [1.29, 1.82) is 0 Å². The number of carbonyl (C=O) groups is 1. The van der Waals surface area contributed by atoms with Crippen LogP contribution in [0.4, 0.5) is 14.6 Å². The highest BCUT2D eigenvalue weighted by molar-refractivity contribution is 5.78. The van der Waals surface area contributed by atoms with Gasteiger partial charge in [0.1, 0.15) is 11.6 Å². The van der Waals surface area contributed by atoms with Crippen molar-refractivity contribution in [2.24, 2.45) is 0 Å². The Morgan fingerprint density at radius 3 is 2.51 bits per heavy atom. The molecule has 2 unspecified atom stereocenters. The summed E-state index contributed by atoms with van der Waals surface area (Å²) >= 11 is 0. The number of aliphatic carboxylic acids is 1. The van der Waals surface area contributed by atoms with E-state index in [0.717, 1.165) is 43.9 Å². The summed E-state index contributed by atoms with van der Waals surface area (Å²) < 4.78 is 48.9. The fraction of sp³-hybridized carbons (Fsp3) is 0.618. The standard InChI is InChI=1S/C34H46F2N4O5/c1-21-10-7-8-17-43-34(6)13-15-39(16-14-34)31-29(30(32(41)42)45-33(3,4)5)22(2)37-28-19-24(38-40(28)31)12-9-11-23-18-25(35)26(36)20-27(23)44-21/h18-21,30H,7-17H2,1-6H3,(H,41,42). The summed E-state index contributed by atoms with van der Waals surface area (Å²) in [4.78, 5) is 19.6. The number of aromatic nitrogens is 3. The number of piperidine rings is 1. The molecule has 0 radical (unpaired) electrons. The minimum absolute atomic E-state index is 0.157. The smallest absolute Gasteiger partial charge is 0.337 e. The minimum atomic E-state index is -1.24. The van der Waals surface area contributed by atoms with Crippen LogP contribution < -0.4 is 9.64 Å². The Labute approximate surface area is 263 Å². The normalized spacial score (nSPS) is 22.7. The van der Waals surface area contributed by atoms with Crippen molar-refractivity contribution in [3.05, 3.63) is 52.3 Å². The van der Waals surface area contributed by atoms with Gasteiger partial charge in [-0.3, -0.25) is 0 Å². The number of hydrogen-bond acceptors (Lipinski definition) is 7. The number of aryl methyl sites for hydroxylation is 3. The summed E-state index contributed by atoms with van der Waals surface area (Å²) in [6.45, 7) is 13.3. The molecule has 3 aliphatic rings. The SMILES string of the molecule is Cc1nc2cc3nn2c(c1C(OC(C)(C)C)C(=O)O)N1CCC(C)(CC1)OCCCCC(C)Oc1cc(F)c(F)cc1CCC3. The maximum absolute atomic E-state index is 14.3. The van der Waals surface area contributed by atoms with Crippen LogP contribution in [0.5, 0.6) is 5.75 Å². The highest BCUT2D eigenvalue weighted by atomic mass is 19.2. The Morgan fingerprint density at radius 2 is 1.82 bits per heavy atom. The predicted molar refractivity (Wildman–Crippen MR) is 167 cm³/mol. The van der Waals surface area contributed by atoms with Gasteiger partial charge in [0.05, 0.1) is 28.6 Å². The zero-order chi connectivity index (χ0) is 32.5. The molecule has 0 spiro atoms. The molecule has 3 aliphatic heterocycles. The number of ether oxygens (including phenoxy) is 3. The van der Waals surface area contributed by atoms with Crippen LogP contribution in [0.15, 0.2) is 18.2 Å². The van der Waals surface area contributed by atoms with Gasteiger partial charge in [0.25, 0.3) is 0 Å². The zero-order valence-electron chi connectivity index (χ0n) is 27.3. The molecule has 1 fully saturated rings. The number of benzene rings is 1. The van der Waals surface area contributed by atoms with E-state index in [0.29, 0.717) is 73.0 Å². The van der Waals surface area contributed by atoms with Gasteiger partial charge < -0.3 is 24.2 Å². The molecule has 4 bridgehead atoms. The van der Waals surface area contributed by atoms with Crippen LogP contribution in [-0.2, 0) is 27.1 Å². The highest BCUT2D eigenvalue weighted by Crippen LogP contribution is 2.38. The van der Waals surface area contributed by atoms with E-state index in [1.54, 1.807) is 4.52 Å². The van der Waals surface area contributed by atoms with Crippen LogP contribution in [0.1, 0.15) is 102 Å². The molecule has 1 aromatic carbocycles. The van der Waals surface area contributed by atoms with E-state index in [-0.39, 0.29) is 11.7 Å². The molecule has 1 saturated heterocycles. The van der Waals surface area contributed by atoms with Crippen molar-refractivity contribution >= 4 is 17.4 Å². The van der Waals surface area contributed by atoms with Crippen molar-refractivity contribution in [3.63, 3.8) is 0 Å². The summed E-state index contributed by atoms with van der Waals surface area (Å²) in [5.41, 5.74) is 2.02. The van der Waals surface area contributed by atoms with Crippen molar-refractivity contribution in [2.45, 2.75) is 116 Å². The maximum Gasteiger partial charge on any atom is 0.337 e. The van der Waals surface area contributed by atoms with Gasteiger partial charge in [-0.15, -0.1) is 0 Å². The zero-order valence-corrected chi connectivity index (χ0v) is 27.3. The second kappa shape index (κ2) is 13.2. The van der Waals surface area contributed by atoms with Crippen LogP contribution in [-0.4, -0.2) is 62.7 Å². The Morgan fingerprint density at radius 1 is 1.11 bits per heavy atom. The lowest BCUT2D eigenvalue weighted by molar-refractivity contribution is -0.160. The van der Waals surface area contributed by atoms with Crippen LogP contribution >= 0.6 is 0 Å². The van der Waals surface area contributed by atoms with Gasteiger partial charge in [-0.2, -0.15) is 9.61 Å². The monoisotopic (exact) mass is 628 g/mol. The van der Waals surface area contributed by atoms with Crippen molar-refractivity contribution in [1.82, 2.24) is 14.6 Å². The molecule has 3 aromatic rings. The molecule has 2 aromatic heterocycles. The van der Waals surface area contributed by atoms with Gasteiger partial charge in [0.15, 0.2) is 23.4 Å². The number of hydrogen-bond donors (Lipinski definition) is 1. The third-order valence-electron chi connectivity index (χ3n) is 8.70. The van der Waals surface area contributed by atoms with Crippen LogP contribution in [0.25, 0.3) is 5.65 Å². The molecular weight excluding hydrogens is 582 g/mol. The minimum Gasteiger partial charge on any atom is -0.490 e. The molecule has 1 N–H and O–H groups in total. The number of carboxylic acids is 1. The van der Waals surface area contributed by atoms with Gasteiger partial charge in [0.2, 0.25) is 0 Å². The van der Waals surface area contributed by atoms with Gasteiger partial charge in [-0.25, -0.2) is 18.6 Å².